The predicted octanol–water partition coefficient (Wildman–Crippen LogP) is 2.96. The van der Waals surface area contributed by atoms with Gasteiger partial charge in [0.05, 0.1) is 13.2 Å². The van der Waals surface area contributed by atoms with E-state index >= 15 is 0 Å². The molecular weight excluding hydrogens is 358 g/mol. The van der Waals surface area contributed by atoms with Gasteiger partial charge in [-0.3, -0.25) is 4.79 Å². The molecule has 1 aliphatic heterocycles. The SMILES string of the molecule is COC(C)c1noc(CCC(=O)N2CCOC(c3ccc(Cl)cc3)C2)n1. The number of halogens is 1. The van der Waals surface area contributed by atoms with Crippen LogP contribution in [0.25, 0.3) is 0 Å². The Bertz CT molecular complexity index is 734. The number of benzene rings is 1. The topological polar surface area (TPSA) is 77.7 Å². The number of nitrogens with zero attached hydrogens (tertiary/aromatic N) is 3. The van der Waals surface area contributed by atoms with Crippen LogP contribution in [0.15, 0.2) is 28.8 Å². The summed E-state index contributed by atoms with van der Waals surface area (Å²) >= 11 is 5.93. The third-order valence-electron chi connectivity index (χ3n) is 4.41. The Kier molecular flexibility index (Phi) is 6.24. The predicted molar refractivity (Wildman–Crippen MR) is 94.8 cm³/mol. The first kappa shape index (κ1) is 18.8. The number of morpholine rings is 1. The van der Waals surface area contributed by atoms with E-state index < -0.39 is 0 Å². The summed E-state index contributed by atoms with van der Waals surface area (Å²) in [5.74, 6) is 0.982. The van der Waals surface area contributed by atoms with Gasteiger partial charge in [-0.25, -0.2) is 0 Å². The molecule has 1 amide bonds. The average Bonchev–Trinajstić information content (AvgIpc) is 3.15. The van der Waals surface area contributed by atoms with Gasteiger partial charge in [0.1, 0.15) is 12.2 Å². The number of hydrogen-bond donors (Lipinski definition) is 0. The van der Waals surface area contributed by atoms with Gasteiger partial charge in [0, 0.05) is 31.5 Å². The number of hydrogen-bond acceptors (Lipinski definition) is 6. The number of carbonyl (C=O) groups excluding carboxylic acids is 1. The molecule has 3 rings (SSSR count). The second-order valence-corrected chi connectivity index (χ2v) is 6.61. The van der Waals surface area contributed by atoms with Crippen LogP contribution in [0.1, 0.15) is 42.8 Å². The number of amides is 1. The van der Waals surface area contributed by atoms with Gasteiger partial charge < -0.3 is 18.9 Å². The molecule has 2 atom stereocenters. The van der Waals surface area contributed by atoms with Gasteiger partial charge in [-0.15, -0.1) is 0 Å². The van der Waals surface area contributed by atoms with Crippen LogP contribution in [0.5, 0.6) is 0 Å². The molecule has 1 aromatic heterocycles. The Morgan fingerprint density at radius 3 is 2.92 bits per heavy atom. The Morgan fingerprint density at radius 1 is 1.42 bits per heavy atom. The highest BCUT2D eigenvalue weighted by molar-refractivity contribution is 6.30. The summed E-state index contributed by atoms with van der Waals surface area (Å²) in [7, 11) is 1.58. The highest BCUT2D eigenvalue weighted by Crippen LogP contribution is 2.24. The van der Waals surface area contributed by atoms with Crippen molar-refractivity contribution in [2.75, 3.05) is 26.8 Å². The summed E-state index contributed by atoms with van der Waals surface area (Å²) in [5.41, 5.74) is 1.02. The average molecular weight is 380 g/mol. The van der Waals surface area contributed by atoms with E-state index in [1.54, 1.807) is 7.11 Å². The monoisotopic (exact) mass is 379 g/mol. The van der Waals surface area contributed by atoms with Gasteiger partial charge in [-0.1, -0.05) is 28.9 Å². The van der Waals surface area contributed by atoms with Crippen molar-refractivity contribution in [2.24, 2.45) is 0 Å². The first-order chi connectivity index (χ1) is 12.6. The molecule has 0 spiro atoms. The maximum Gasteiger partial charge on any atom is 0.227 e. The lowest BCUT2D eigenvalue weighted by molar-refractivity contribution is -0.139. The largest absolute Gasteiger partial charge is 0.374 e. The van der Waals surface area contributed by atoms with Crippen LogP contribution in [0.3, 0.4) is 0 Å². The minimum absolute atomic E-state index is 0.0480. The second-order valence-electron chi connectivity index (χ2n) is 6.17. The van der Waals surface area contributed by atoms with Crippen LogP contribution in [-0.4, -0.2) is 47.8 Å². The first-order valence-corrected chi connectivity index (χ1v) is 8.94. The van der Waals surface area contributed by atoms with Gasteiger partial charge >= 0.3 is 0 Å². The van der Waals surface area contributed by atoms with E-state index in [9.17, 15) is 4.79 Å². The maximum atomic E-state index is 12.5. The molecule has 2 heterocycles. The van der Waals surface area contributed by atoms with E-state index in [0.29, 0.717) is 49.3 Å². The molecule has 1 fully saturated rings. The molecule has 0 N–H and O–H groups in total. The van der Waals surface area contributed by atoms with E-state index in [4.69, 9.17) is 25.6 Å². The van der Waals surface area contributed by atoms with E-state index in [-0.39, 0.29) is 18.1 Å². The lowest BCUT2D eigenvalue weighted by atomic mass is 10.1. The fraction of sp³-hybridized carbons (Fsp3) is 0.500. The van der Waals surface area contributed by atoms with Crippen molar-refractivity contribution in [3.8, 4) is 0 Å². The zero-order chi connectivity index (χ0) is 18.5. The lowest BCUT2D eigenvalue weighted by Gasteiger charge is -2.33. The Balaban J connectivity index is 1.54. The molecule has 1 saturated heterocycles. The van der Waals surface area contributed by atoms with Crippen molar-refractivity contribution in [2.45, 2.75) is 32.0 Å². The fourth-order valence-electron chi connectivity index (χ4n) is 2.77. The number of aromatic nitrogens is 2. The van der Waals surface area contributed by atoms with Crippen molar-refractivity contribution < 1.29 is 18.8 Å². The number of methoxy groups -OCH3 is 1. The number of ether oxygens (including phenoxy) is 2. The zero-order valence-corrected chi connectivity index (χ0v) is 15.6. The van der Waals surface area contributed by atoms with Crippen molar-refractivity contribution in [1.82, 2.24) is 15.0 Å². The van der Waals surface area contributed by atoms with E-state index in [2.05, 4.69) is 10.1 Å². The first-order valence-electron chi connectivity index (χ1n) is 8.57. The molecule has 1 aromatic carbocycles. The molecule has 1 aliphatic rings. The van der Waals surface area contributed by atoms with E-state index in [1.165, 1.54) is 0 Å². The molecule has 0 saturated carbocycles. The Labute approximate surface area is 157 Å². The summed E-state index contributed by atoms with van der Waals surface area (Å²) < 4.78 is 16.1. The Hall–Kier alpha value is -1.96. The van der Waals surface area contributed by atoms with Crippen molar-refractivity contribution in [3.63, 3.8) is 0 Å². The number of rotatable bonds is 6. The molecule has 0 bridgehead atoms. The normalized spacial score (nSPS) is 18.7. The van der Waals surface area contributed by atoms with Crippen LogP contribution in [0, 0.1) is 0 Å². The van der Waals surface area contributed by atoms with Gasteiger partial charge in [-0.05, 0) is 24.6 Å². The molecule has 8 heteroatoms. The molecule has 0 aliphatic carbocycles. The minimum atomic E-state index is -0.234. The van der Waals surface area contributed by atoms with Crippen LogP contribution < -0.4 is 0 Å². The van der Waals surface area contributed by atoms with E-state index in [1.807, 2.05) is 36.1 Å². The third-order valence-corrected chi connectivity index (χ3v) is 4.67. The standard InChI is InChI=1S/C18H22ClN3O4/c1-12(24-2)18-20-16(26-21-18)7-8-17(23)22-9-10-25-15(11-22)13-3-5-14(19)6-4-13/h3-6,12,15H,7-11H2,1-2H3. The summed E-state index contributed by atoms with van der Waals surface area (Å²) in [6.07, 6.45) is 0.354. The summed E-state index contributed by atoms with van der Waals surface area (Å²) in [4.78, 5) is 18.6. The highest BCUT2D eigenvalue weighted by Gasteiger charge is 2.25. The summed E-state index contributed by atoms with van der Waals surface area (Å²) in [6, 6.07) is 7.51. The highest BCUT2D eigenvalue weighted by atomic mass is 35.5. The van der Waals surface area contributed by atoms with Crippen LogP contribution >= 0.6 is 11.6 Å². The summed E-state index contributed by atoms with van der Waals surface area (Å²) in [6.45, 7) is 3.45. The minimum Gasteiger partial charge on any atom is -0.374 e. The molecular formula is C18H22ClN3O4. The lowest BCUT2D eigenvalue weighted by Crippen LogP contribution is -2.42. The van der Waals surface area contributed by atoms with Crippen molar-refractivity contribution in [1.29, 1.82) is 0 Å². The van der Waals surface area contributed by atoms with Crippen LogP contribution in [0.4, 0.5) is 0 Å². The zero-order valence-electron chi connectivity index (χ0n) is 14.9. The third kappa shape index (κ3) is 4.60. The van der Waals surface area contributed by atoms with Crippen molar-refractivity contribution in [3.05, 3.63) is 46.6 Å². The van der Waals surface area contributed by atoms with Crippen LogP contribution in [-0.2, 0) is 20.7 Å². The van der Waals surface area contributed by atoms with Gasteiger partial charge in [-0.2, -0.15) is 4.98 Å². The van der Waals surface area contributed by atoms with Gasteiger partial charge in [0.2, 0.25) is 11.8 Å². The fourth-order valence-corrected chi connectivity index (χ4v) is 2.89. The van der Waals surface area contributed by atoms with Crippen LogP contribution in [0.2, 0.25) is 5.02 Å². The molecule has 0 radical (unpaired) electrons. The maximum absolute atomic E-state index is 12.5. The molecule has 2 unspecified atom stereocenters. The molecule has 7 nitrogen and oxygen atoms in total. The van der Waals surface area contributed by atoms with Gasteiger partial charge in [0.25, 0.3) is 0 Å². The quantitative estimate of drug-likeness (QED) is 0.767. The second kappa shape index (κ2) is 8.62. The van der Waals surface area contributed by atoms with Crippen molar-refractivity contribution >= 4 is 17.5 Å². The van der Waals surface area contributed by atoms with Gasteiger partial charge in [0.15, 0.2) is 5.82 Å². The molecule has 26 heavy (non-hydrogen) atoms. The number of aryl methyl sites for hydroxylation is 1. The molecule has 2 aromatic rings. The Morgan fingerprint density at radius 2 is 2.19 bits per heavy atom. The number of carbonyl (C=O) groups is 1. The summed E-state index contributed by atoms with van der Waals surface area (Å²) in [5, 5.41) is 4.55. The smallest absolute Gasteiger partial charge is 0.227 e. The molecule has 140 valence electrons. The van der Waals surface area contributed by atoms with E-state index in [0.717, 1.165) is 5.56 Å².